The van der Waals surface area contributed by atoms with Gasteiger partial charge in [0.15, 0.2) is 0 Å². The standard InChI is InChI=1S/C11H21NOS/c1-12(10-2-3-10)8-11(9-14)4-6-13-7-5-11/h10,14H,2-9H2,1H3. The van der Waals surface area contributed by atoms with Gasteiger partial charge < -0.3 is 9.64 Å². The lowest BCUT2D eigenvalue weighted by atomic mass is 9.81. The van der Waals surface area contributed by atoms with Crippen LogP contribution in [0.3, 0.4) is 0 Å². The largest absolute Gasteiger partial charge is 0.381 e. The molecule has 0 unspecified atom stereocenters. The summed E-state index contributed by atoms with van der Waals surface area (Å²) in [6, 6.07) is 0.870. The van der Waals surface area contributed by atoms with Crippen molar-refractivity contribution >= 4 is 12.6 Å². The summed E-state index contributed by atoms with van der Waals surface area (Å²) < 4.78 is 5.43. The summed E-state index contributed by atoms with van der Waals surface area (Å²) >= 11 is 4.53. The molecular formula is C11H21NOS. The third-order valence-corrected chi connectivity index (χ3v) is 4.31. The average Bonchev–Trinajstić information content (AvgIpc) is 3.02. The molecule has 14 heavy (non-hydrogen) atoms. The summed E-state index contributed by atoms with van der Waals surface area (Å²) in [6.07, 6.45) is 5.17. The van der Waals surface area contributed by atoms with Crippen molar-refractivity contribution in [3.63, 3.8) is 0 Å². The molecular weight excluding hydrogens is 194 g/mol. The fraction of sp³-hybridized carbons (Fsp3) is 1.00. The molecule has 1 aliphatic heterocycles. The summed E-state index contributed by atoms with van der Waals surface area (Å²) in [5, 5.41) is 0. The smallest absolute Gasteiger partial charge is 0.0472 e. The minimum Gasteiger partial charge on any atom is -0.381 e. The molecule has 0 aromatic rings. The minimum absolute atomic E-state index is 0.429. The normalized spacial score (nSPS) is 26.8. The number of rotatable bonds is 4. The monoisotopic (exact) mass is 215 g/mol. The fourth-order valence-corrected chi connectivity index (χ4v) is 2.76. The molecule has 0 radical (unpaired) electrons. The van der Waals surface area contributed by atoms with Crippen LogP contribution in [0.15, 0.2) is 0 Å². The van der Waals surface area contributed by atoms with Crippen LogP contribution in [0.5, 0.6) is 0 Å². The van der Waals surface area contributed by atoms with Crippen LogP contribution in [0.4, 0.5) is 0 Å². The van der Waals surface area contributed by atoms with Gasteiger partial charge in [-0.2, -0.15) is 12.6 Å². The van der Waals surface area contributed by atoms with Crippen molar-refractivity contribution in [2.24, 2.45) is 5.41 Å². The van der Waals surface area contributed by atoms with E-state index in [0.29, 0.717) is 5.41 Å². The molecule has 0 atom stereocenters. The Kier molecular flexibility index (Phi) is 3.40. The predicted octanol–water partition coefficient (Wildman–Crippen LogP) is 1.81. The molecule has 1 saturated heterocycles. The second-order valence-corrected chi connectivity index (χ2v) is 5.23. The van der Waals surface area contributed by atoms with Crippen molar-refractivity contribution in [2.75, 3.05) is 32.6 Å². The lowest BCUT2D eigenvalue weighted by molar-refractivity contribution is 0.0105. The Morgan fingerprint density at radius 1 is 1.36 bits per heavy atom. The van der Waals surface area contributed by atoms with Gasteiger partial charge in [-0.15, -0.1) is 0 Å². The number of thiol groups is 1. The molecule has 0 aromatic heterocycles. The van der Waals surface area contributed by atoms with Crippen molar-refractivity contribution in [3.8, 4) is 0 Å². The third-order valence-electron chi connectivity index (χ3n) is 3.64. The molecule has 1 saturated carbocycles. The first-order chi connectivity index (χ1) is 6.76. The Bertz CT molecular complexity index is 188. The maximum atomic E-state index is 5.43. The maximum Gasteiger partial charge on any atom is 0.0472 e. The highest BCUT2D eigenvalue weighted by Crippen LogP contribution is 2.35. The van der Waals surface area contributed by atoms with E-state index in [0.717, 1.165) is 25.0 Å². The Morgan fingerprint density at radius 3 is 2.50 bits per heavy atom. The van der Waals surface area contributed by atoms with Gasteiger partial charge in [-0.25, -0.2) is 0 Å². The van der Waals surface area contributed by atoms with Gasteiger partial charge in [0.1, 0.15) is 0 Å². The highest BCUT2D eigenvalue weighted by Gasteiger charge is 2.36. The summed E-state index contributed by atoms with van der Waals surface area (Å²) in [5.41, 5.74) is 0.429. The van der Waals surface area contributed by atoms with Crippen LogP contribution in [0, 0.1) is 5.41 Å². The van der Waals surface area contributed by atoms with Crippen molar-refractivity contribution < 1.29 is 4.74 Å². The van der Waals surface area contributed by atoms with E-state index < -0.39 is 0 Å². The van der Waals surface area contributed by atoms with E-state index in [1.165, 1.54) is 32.2 Å². The molecule has 82 valence electrons. The number of ether oxygens (including phenoxy) is 1. The quantitative estimate of drug-likeness (QED) is 0.718. The van der Waals surface area contributed by atoms with Crippen LogP contribution in [0.1, 0.15) is 25.7 Å². The second kappa shape index (κ2) is 4.42. The summed E-state index contributed by atoms with van der Waals surface area (Å²) in [6.45, 7) is 3.07. The minimum atomic E-state index is 0.429. The van der Waals surface area contributed by atoms with Gasteiger partial charge in [0, 0.05) is 25.8 Å². The Hall–Kier alpha value is 0.270. The first-order valence-electron chi connectivity index (χ1n) is 5.65. The first kappa shape index (κ1) is 10.8. The van der Waals surface area contributed by atoms with Crippen LogP contribution < -0.4 is 0 Å². The molecule has 1 aliphatic carbocycles. The van der Waals surface area contributed by atoms with Gasteiger partial charge >= 0.3 is 0 Å². The highest BCUT2D eigenvalue weighted by molar-refractivity contribution is 7.80. The molecule has 0 amide bonds. The summed E-state index contributed by atoms with van der Waals surface area (Å²) in [7, 11) is 2.26. The maximum absolute atomic E-state index is 5.43. The van der Waals surface area contributed by atoms with Gasteiger partial charge in [0.05, 0.1) is 0 Å². The second-order valence-electron chi connectivity index (χ2n) is 4.92. The lowest BCUT2D eigenvalue weighted by Crippen LogP contribution is -2.42. The zero-order valence-corrected chi connectivity index (χ0v) is 9.93. The van der Waals surface area contributed by atoms with Crippen LogP contribution in [-0.2, 0) is 4.74 Å². The Balaban J connectivity index is 1.89. The lowest BCUT2D eigenvalue weighted by Gasteiger charge is -2.39. The molecule has 2 aliphatic rings. The zero-order chi connectivity index (χ0) is 10.0. The summed E-state index contributed by atoms with van der Waals surface area (Å²) in [5.74, 6) is 1.01. The molecule has 0 spiro atoms. The fourth-order valence-electron chi connectivity index (χ4n) is 2.34. The van der Waals surface area contributed by atoms with Crippen molar-refractivity contribution in [3.05, 3.63) is 0 Å². The van der Waals surface area contributed by atoms with E-state index in [1.807, 2.05) is 0 Å². The van der Waals surface area contributed by atoms with Crippen molar-refractivity contribution in [2.45, 2.75) is 31.7 Å². The van der Waals surface area contributed by atoms with Crippen LogP contribution >= 0.6 is 12.6 Å². The van der Waals surface area contributed by atoms with E-state index in [1.54, 1.807) is 0 Å². The van der Waals surface area contributed by atoms with E-state index in [2.05, 4.69) is 24.6 Å². The molecule has 1 heterocycles. The van der Waals surface area contributed by atoms with Crippen molar-refractivity contribution in [1.29, 1.82) is 0 Å². The van der Waals surface area contributed by atoms with Gasteiger partial charge in [-0.05, 0) is 43.9 Å². The molecule has 3 heteroatoms. The Labute approximate surface area is 92.4 Å². The average molecular weight is 215 g/mol. The molecule has 0 aromatic carbocycles. The highest BCUT2D eigenvalue weighted by atomic mass is 32.1. The number of hydrogen-bond donors (Lipinski definition) is 1. The molecule has 0 N–H and O–H groups in total. The van der Waals surface area contributed by atoms with E-state index in [9.17, 15) is 0 Å². The molecule has 0 bridgehead atoms. The first-order valence-corrected chi connectivity index (χ1v) is 6.28. The third kappa shape index (κ3) is 2.44. The Morgan fingerprint density at radius 2 is 2.00 bits per heavy atom. The molecule has 2 nitrogen and oxygen atoms in total. The SMILES string of the molecule is CN(CC1(CS)CCOCC1)C1CC1. The summed E-state index contributed by atoms with van der Waals surface area (Å²) in [4.78, 5) is 2.53. The van der Waals surface area contributed by atoms with Crippen molar-refractivity contribution in [1.82, 2.24) is 4.90 Å². The van der Waals surface area contributed by atoms with Crippen LogP contribution in [-0.4, -0.2) is 43.5 Å². The van der Waals surface area contributed by atoms with Crippen LogP contribution in [0.2, 0.25) is 0 Å². The van der Waals surface area contributed by atoms with Gasteiger partial charge in [-0.1, -0.05) is 0 Å². The number of nitrogens with zero attached hydrogens (tertiary/aromatic N) is 1. The van der Waals surface area contributed by atoms with E-state index >= 15 is 0 Å². The topological polar surface area (TPSA) is 12.5 Å². The van der Waals surface area contributed by atoms with E-state index in [-0.39, 0.29) is 0 Å². The van der Waals surface area contributed by atoms with Gasteiger partial charge in [0.2, 0.25) is 0 Å². The van der Waals surface area contributed by atoms with E-state index in [4.69, 9.17) is 4.74 Å². The molecule has 2 rings (SSSR count). The van der Waals surface area contributed by atoms with Crippen LogP contribution in [0.25, 0.3) is 0 Å². The van der Waals surface area contributed by atoms with Gasteiger partial charge in [-0.3, -0.25) is 0 Å². The number of hydrogen-bond acceptors (Lipinski definition) is 3. The molecule has 2 fully saturated rings. The zero-order valence-electron chi connectivity index (χ0n) is 9.04. The predicted molar refractivity (Wildman–Crippen MR) is 62.0 cm³/mol. The van der Waals surface area contributed by atoms with Gasteiger partial charge in [0.25, 0.3) is 0 Å².